The van der Waals surface area contributed by atoms with Crippen LogP contribution in [0.5, 0.6) is 0 Å². The summed E-state index contributed by atoms with van der Waals surface area (Å²) < 4.78 is 4.58. The van der Waals surface area contributed by atoms with Gasteiger partial charge in [0.2, 0.25) is 0 Å². The van der Waals surface area contributed by atoms with Gasteiger partial charge in [0.05, 0.1) is 12.7 Å². The lowest BCUT2D eigenvalue weighted by atomic mass is 10.2. The summed E-state index contributed by atoms with van der Waals surface area (Å²) >= 11 is 3.27. The summed E-state index contributed by atoms with van der Waals surface area (Å²) in [5.74, 6) is 1.81. The highest BCUT2D eigenvalue weighted by molar-refractivity contribution is 8.19. The van der Waals surface area contributed by atoms with Crippen molar-refractivity contribution in [2.24, 2.45) is 0 Å². The molecule has 3 nitrogen and oxygen atoms in total. The van der Waals surface area contributed by atoms with Crippen molar-refractivity contribution in [3.05, 3.63) is 0 Å². The van der Waals surface area contributed by atoms with Gasteiger partial charge in [0, 0.05) is 6.42 Å². The molecular formula is C10H15NO2S2. The van der Waals surface area contributed by atoms with Crippen LogP contribution in [-0.4, -0.2) is 28.2 Å². The topological polar surface area (TPSA) is 50.1 Å². The summed E-state index contributed by atoms with van der Waals surface area (Å²) in [7, 11) is 0. The van der Waals surface area contributed by atoms with Gasteiger partial charge < -0.3 is 4.74 Å². The molecule has 1 rings (SSSR count). The minimum Gasteiger partial charge on any atom is -0.464 e. The largest absolute Gasteiger partial charge is 0.464 e. The normalized spacial score (nSPS) is 19.2. The van der Waals surface area contributed by atoms with Crippen LogP contribution in [-0.2, 0) is 9.53 Å². The van der Waals surface area contributed by atoms with Crippen LogP contribution in [0.25, 0.3) is 0 Å². The molecule has 0 aliphatic carbocycles. The number of thioether (sulfide) groups is 2. The van der Waals surface area contributed by atoms with Crippen molar-refractivity contribution in [1.82, 2.24) is 0 Å². The zero-order chi connectivity index (χ0) is 11.1. The Morgan fingerprint density at radius 3 is 2.73 bits per heavy atom. The molecule has 0 unspecified atom stereocenters. The molecule has 1 saturated heterocycles. The molecule has 1 aliphatic rings. The Balaban J connectivity index is 2.66. The van der Waals surface area contributed by atoms with Crippen LogP contribution in [0.1, 0.15) is 26.2 Å². The van der Waals surface area contributed by atoms with Crippen molar-refractivity contribution in [2.75, 3.05) is 18.1 Å². The third kappa shape index (κ3) is 3.32. The van der Waals surface area contributed by atoms with E-state index in [1.54, 1.807) is 23.5 Å². The molecule has 84 valence electrons. The molecule has 5 heteroatoms. The highest BCUT2D eigenvalue weighted by Crippen LogP contribution is 2.46. The fourth-order valence-corrected chi connectivity index (χ4v) is 4.50. The van der Waals surface area contributed by atoms with Gasteiger partial charge >= 0.3 is 5.97 Å². The summed E-state index contributed by atoms with van der Waals surface area (Å²) in [5, 5.41) is 8.60. The average molecular weight is 245 g/mol. The molecule has 0 N–H and O–H groups in total. The van der Waals surface area contributed by atoms with Gasteiger partial charge in [0.25, 0.3) is 0 Å². The molecule has 1 aliphatic heterocycles. The van der Waals surface area contributed by atoms with Gasteiger partial charge in [-0.25, -0.2) is 4.79 Å². The smallest absolute Gasteiger partial charge is 0.332 e. The minimum atomic E-state index is -0.510. The summed E-state index contributed by atoms with van der Waals surface area (Å²) in [4.78, 5) is 11.9. The van der Waals surface area contributed by atoms with E-state index in [9.17, 15) is 4.79 Å². The van der Waals surface area contributed by atoms with Gasteiger partial charge in [-0.1, -0.05) is 0 Å². The first kappa shape index (κ1) is 12.7. The third-order valence-corrected chi connectivity index (χ3v) is 5.48. The van der Waals surface area contributed by atoms with Crippen molar-refractivity contribution >= 4 is 29.5 Å². The first-order chi connectivity index (χ1) is 7.25. The Morgan fingerprint density at radius 1 is 1.53 bits per heavy atom. The molecule has 0 bridgehead atoms. The highest BCUT2D eigenvalue weighted by Gasteiger charge is 2.42. The molecule has 0 saturated carbocycles. The second kappa shape index (κ2) is 6.29. The SMILES string of the molecule is CCOC(=O)C1(CCC#N)SCCCS1. The molecule has 0 amide bonds. The number of nitrogens with zero attached hydrogens (tertiary/aromatic N) is 1. The summed E-state index contributed by atoms with van der Waals surface area (Å²) in [6, 6.07) is 2.10. The fourth-order valence-electron chi connectivity index (χ4n) is 1.40. The molecule has 0 aromatic heterocycles. The van der Waals surface area contributed by atoms with Crippen LogP contribution < -0.4 is 0 Å². The van der Waals surface area contributed by atoms with Crippen LogP contribution in [0.4, 0.5) is 0 Å². The van der Waals surface area contributed by atoms with E-state index in [0.29, 0.717) is 19.4 Å². The Labute approximate surface area is 98.9 Å². The van der Waals surface area contributed by atoms with Crippen LogP contribution in [0.2, 0.25) is 0 Å². The number of esters is 1. The van der Waals surface area contributed by atoms with Gasteiger partial charge in [-0.2, -0.15) is 5.26 Å². The van der Waals surface area contributed by atoms with Crippen LogP contribution in [0.3, 0.4) is 0 Å². The zero-order valence-corrected chi connectivity index (χ0v) is 10.5. The highest BCUT2D eigenvalue weighted by atomic mass is 32.2. The molecule has 1 fully saturated rings. The van der Waals surface area contributed by atoms with Crippen LogP contribution >= 0.6 is 23.5 Å². The van der Waals surface area contributed by atoms with Gasteiger partial charge in [0.1, 0.15) is 0 Å². The molecule has 0 aromatic carbocycles. The Kier molecular flexibility index (Phi) is 5.34. The third-order valence-electron chi connectivity index (χ3n) is 2.11. The monoisotopic (exact) mass is 245 g/mol. The lowest BCUT2D eigenvalue weighted by Gasteiger charge is -2.32. The maximum Gasteiger partial charge on any atom is 0.332 e. The van der Waals surface area contributed by atoms with Gasteiger partial charge in [-0.05, 0) is 31.3 Å². The molecule has 15 heavy (non-hydrogen) atoms. The standard InChI is InChI=1S/C10H15NO2S2/c1-2-13-9(12)10(5-3-6-11)14-7-4-8-15-10/h2-5,7-8H2,1H3. The second-order valence-electron chi connectivity index (χ2n) is 3.18. The predicted molar refractivity (Wildman–Crippen MR) is 63.7 cm³/mol. The van der Waals surface area contributed by atoms with Crippen molar-refractivity contribution in [2.45, 2.75) is 30.3 Å². The van der Waals surface area contributed by atoms with E-state index < -0.39 is 4.08 Å². The lowest BCUT2D eigenvalue weighted by molar-refractivity contribution is -0.143. The molecular weight excluding hydrogens is 230 g/mol. The van der Waals surface area contributed by atoms with Crippen LogP contribution in [0.15, 0.2) is 0 Å². The molecule has 0 radical (unpaired) electrons. The summed E-state index contributed by atoms with van der Waals surface area (Å²) in [5.41, 5.74) is 0. The van der Waals surface area contributed by atoms with Gasteiger partial charge in [-0.15, -0.1) is 23.5 Å². The molecule has 0 atom stereocenters. The number of hydrogen-bond donors (Lipinski definition) is 0. The Bertz CT molecular complexity index is 257. The first-order valence-electron chi connectivity index (χ1n) is 5.07. The summed E-state index contributed by atoms with van der Waals surface area (Å²) in [6.45, 7) is 2.22. The van der Waals surface area contributed by atoms with Crippen molar-refractivity contribution in [1.29, 1.82) is 5.26 Å². The zero-order valence-electron chi connectivity index (χ0n) is 8.82. The Morgan fingerprint density at radius 2 is 2.20 bits per heavy atom. The number of carbonyl (C=O) groups excluding carboxylic acids is 1. The van der Waals surface area contributed by atoms with E-state index in [2.05, 4.69) is 6.07 Å². The predicted octanol–water partition coefficient (Wildman–Crippen LogP) is 2.42. The van der Waals surface area contributed by atoms with E-state index in [1.165, 1.54) is 0 Å². The van der Waals surface area contributed by atoms with E-state index in [-0.39, 0.29) is 5.97 Å². The second-order valence-corrected chi connectivity index (χ2v) is 6.23. The number of nitriles is 1. The minimum absolute atomic E-state index is 0.157. The van der Waals surface area contributed by atoms with Crippen molar-refractivity contribution in [3.63, 3.8) is 0 Å². The van der Waals surface area contributed by atoms with E-state index >= 15 is 0 Å². The van der Waals surface area contributed by atoms with E-state index in [0.717, 1.165) is 17.9 Å². The first-order valence-corrected chi connectivity index (χ1v) is 7.04. The van der Waals surface area contributed by atoms with Gasteiger partial charge in [-0.3, -0.25) is 0 Å². The van der Waals surface area contributed by atoms with Gasteiger partial charge in [0.15, 0.2) is 4.08 Å². The number of rotatable bonds is 4. The van der Waals surface area contributed by atoms with Crippen molar-refractivity contribution in [3.8, 4) is 6.07 Å². The van der Waals surface area contributed by atoms with Crippen LogP contribution in [0, 0.1) is 11.3 Å². The number of ether oxygens (including phenoxy) is 1. The molecule has 0 aromatic rings. The lowest BCUT2D eigenvalue weighted by Crippen LogP contribution is -2.36. The summed E-state index contributed by atoms with van der Waals surface area (Å²) in [6.07, 6.45) is 2.14. The van der Waals surface area contributed by atoms with E-state index in [1.807, 2.05) is 6.92 Å². The fraction of sp³-hybridized carbons (Fsp3) is 0.800. The molecule has 0 spiro atoms. The maximum atomic E-state index is 11.9. The van der Waals surface area contributed by atoms with E-state index in [4.69, 9.17) is 10.00 Å². The quantitative estimate of drug-likeness (QED) is 0.712. The average Bonchev–Trinajstić information content (AvgIpc) is 2.28. The number of carbonyl (C=O) groups is 1. The maximum absolute atomic E-state index is 11.9. The molecule has 1 heterocycles. The number of hydrogen-bond acceptors (Lipinski definition) is 5. The Hall–Kier alpha value is -0.340. The van der Waals surface area contributed by atoms with Crippen molar-refractivity contribution < 1.29 is 9.53 Å².